The van der Waals surface area contributed by atoms with Gasteiger partial charge in [-0.3, -0.25) is 14.0 Å². The van der Waals surface area contributed by atoms with E-state index in [2.05, 4.69) is 4.98 Å². The van der Waals surface area contributed by atoms with Gasteiger partial charge in [-0.1, -0.05) is 6.07 Å². The quantitative estimate of drug-likeness (QED) is 0.694. The number of nitrogens with zero attached hydrogens (tertiary/aromatic N) is 2. The molecule has 0 spiro atoms. The first-order chi connectivity index (χ1) is 10.6. The Morgan fingerprint density at radius 1 is 1.18 bits per heavy atom. The number of ether oxygens (including phenoxy) is 1. The molecule has 110 valence electrons. The molecule has 0 amide bonds. The van der Waals surface area contributed by atoms with E-state index in [9.17, 15) is 9.59 Å². The molecule has 0 aliphatic carbocycles. The Hall–Kier alpha value is -2.95. The Labute approximate surface area is 126 Å². The van der Waals surface area contributed by atoms with Gasteiger partial charge in [0.25, 0.3) is 5.56 Å². The van der Waals surface area contributed by atoms with Crippen LogP contribution in [0.3, 0.4) is 0 Å². The van der Waals surface area contributed by atoms with Crippen molar-refractivity contribution in [2.75, 3.05) is 0 Å². The largest absolute Gasteiger partial charge is 0.487 e. The normalized spacial score (nSPS) is 10.6. The molecule has 0 radical (unpaired) electrons. The van der Waals surface area contributed by atoms with Crippen molar-refractivity contribution in [3.8, 4) is 5.75 Å². The number of fused-ring (bicyclic) bond motifs is 1. The highest BCUT2D eigenvalue weighted by molar-refractivity contribution is 5.94. The van der Waals surface area contributed by atoms with E-state index in [1.807, 2.05) is 6.07 Å². The van der Waals surface area contributed by atoms with Gasteiger partial charge in [-0.25, -0.2) is 4.98 Å². The minimum absolute atomic E-state index is 0.00997. The number of hydrogen-bond donors (Lipinski definition) is 0. The predicted molar refractivity (Wildman–Crippen MR) is 82.2 cm³/mol. The third-order valence-corrected chi connectivity index (χ3v) is 3.27. The van der Waals surface area contributed by atoms with E-state index in [1.54, 1.807) is 42.6 Å². The molecule has 5 heteroatoms. The summed E-state index contributed by atoms with van der Waals surface area (Å²) >= 11 is 0. The number of hydrogen-bond acceptors (Lipinski definition) is 4. The summed E-state index contributed by atoms with van der Waals surface area (Å²) in [6, 6.07) is 13.7. The fourth-order valence-electron chi connectivity index (χ4n) is 2.12. The van der Waals surface area contributed by atoms with Crippen molar-refractivity contribution in [2.45, 2.75) is 13.5 Å². The molecule has 5 nitrogen and oxygen atoms in total. The second-order valence-corrected chi connectivity index (χ2v) is 4.88. The molecular formula is C17H14N2O3. The van der Waals surface area contributed by atoms with Crippen LogP contribution < -0.4 is 10.3 Å². The highest BCUT2D eigenvalue weighted by atomic mass is 16.5. The van der Waals surface area contributed by atoms with Gasteiger partial charge in [-0.05, 0) is 43.3 Å². The van der Waals surface area contributed by atoms with Gasteiger partial charge in [0.1, 0.15) is 18.0 Å². The number of aromatic nitrogens is 2. The molecule has 2 heterocycles. The lowest BCUT2D eigenvalue weighted by Crippen LogP contribution is -2.16. The predicted octanol–water partition coefficient (Wildman–Crippen LogP) is 2.48. The molecule has 2 aromatic heterocycles. The lowest BCUT2D eigenvalue weighted by Gasteiger charge is -2.07. The topological polar surface area (TPSA) is 60.7 Å². The summed E-state index contributed by atoms with van der Waals surface area (Å²) < 4.78 is 7.09. The summed E-state index contributed by atoms with van der Waals surface area (Å²) in [4.78, 5) is 27.6. The molecule has 0 aliphatic rings. The fourth-order valence-corrected chi connectivity index (χ4v) is 2.12. The standard InChI is InChI=1S/C17H14N2O3/c1-12(20)13-5-7-15(8-6-13)22-11-14-10-17(21)19-9-3-2-4-16(19)18-14/h2-10H,11H2,1H3. The van der Waals surface area contributed by atoms with E-state index < -0.39 is 0 Å². The molecule has 0 saturated carbocycles. The maximum absolute atomic E-state index is 12.0. The van der Waals surface area contributed by atoms with E-state index >= 15 is 0 Å². The van der Waals surface area contributed by atoms with E-state index in [0.717, 1.165) is 0 Å². The van der Waals surface area contributed by atoms with E-state index in [-0.39, 0.29) is 17.9 Å². The Morgan fingerprint density at radius 2 is 1.95 bits per heavy atom. The average molecular weight is 294 g/mol. The van der Waals surface area contributed by atoms with Gasteiger partial charge in [0.05, 0.1) is 5.69 Å². The molecule has 3 rings (SSSR count). The first-order valence-electron chi connectivity index (χ1n) is 6.84. The lowest BCUT2D eigenvalue weighted by molar-refractivity contribution is 0.101. The van der Waals surface area contributed by atoms with Crippen LogP contribution in [0.2, 0.25) is 0 Å². The van der Waals surface area contributed by atoms with Crippen LogP contribution in [0.15, 0.2) is 59.5 Å². The van der Waals surface area contributed by atoms with Crippen LogP contribution in [0.4, 0.5) is 0 Å². The van der Waals surface area contributed by atoms with Crippen LogP contribution in [0, 0.1) is 0 Å². The molecule has 3 aromatic rings. The number of carbonyl (C=O) groups is 1. The molecule has 0 saturated heterocycles. The number of ketones is 1. The van der Waals surface area contributed by atoms with Crippen LogP contribution in [0.1, 0.15) is 23.0 Å². The van der Waals surface area contributed by atoms with Crippen molar-refractivity contribution in [3.05, 3.63) is 76.3 Å². The smallest absolute Gasteiger partial charge is 0.258 e. The van der Waals surface area contributed by atoms with Crippen molar-refractivity contribution in [1.29, 1.82) is 0 Å². The first-order valence-corrected chi connectivity index (χ1v) is 6.84. The highest BCUT2D eigenvalue weighted by Crippen LogP contribution is 2.14. The zero-order valence-corrected chi connectivity index (χ0v) is 12.0. The Kier molecular flexibility index (Phi) is 3.70. The van der Waals surface area contributed by atoms with Gasteiger partial charge >= 0.3 is 0 Å². The van der Waals surface area contributed by atoms with Crippen LogP contribution in [-0.2, 0) is 6.61 Å². The molecule has 0 fully saturated rings. The molecule has 0 bridgehead atoms. The summed E-state index contributed by atoms with van der Waals surface area (Å²) in [5.41, 5.74) is 1.64. The number of carbonyl (C=O) groups excluding carboxylic acids is 1. The molecule has 0 N–H and O–H groups in total. The number of benzene rings is 1. The Morgan fingerprint density at radius 3 is 2.68 bits per heavy atom. The number of Topliss-reactive ketones (excluding diaryl/α,β-unsaturated/α-hetero) is 1. The molecule has 0 aliphatic heterocycles. The second kappa shape index (κ2) is 5.81. The van der Waals surface area contributed by atoms with E-state index in [4.69, 9.17) is 4.74 Å². The van der Waals surface area contributed by atoms with Gasteiger partial charge in [-0.2, -0.15) is 0 Å². The summed E-state index contributed by atoms with van der Waals surface area (Å²) in [6.07, 6.45) is 1.68. The molecule has 0 unspecified atom stereocenters. The van der Waals surface area contributed by atoms with Crippen LogP contribution in [0.25, 0.3) is 5.65 Å². The minimum Gasteiger partial charge on any atom is -0.487 e. The SMILES string of the molecule is CC(=O)c1ccc(OCc2cc(=O)n3ccccc3n2)cc1. The van der Waals surface area contributed by atoms with Crippen LogP contribution >= 0.6 is 0 Å². The summed E-state index contributed by atoms with van der Waals surface area (Å²) in [7, 11) is 0. The first kappa shape index (κ1) is 14.0. The molecule has 0 atom stereocenters. The highest BCUT2D eigenvalue weighted by Gasteiger charge is 2.04. The number of pyridine rings is 1. The van der Waals surface area contributed by atoms with Crippen molar-refractivity contribution in [2.24, 2.45) is 0 Å². The Bertz CT molecular complexity index is 882. The monoisotopic (exact) mass is 294 g/mol. The summed E-state index contributed by atoms with van der Waals surface area (Å²) in [5, 5.41) is 0. The summed E-state index contributed by atoms with van der Waals surface area (Å²) in [5.74, 6) is 0.635. The Balaban J connectivity index is 1.79. The van der Waals surface area contributed by atoms with Gasteiger partial charge in [-0.15, -0.1) is 0 Å². The average Bonchev–Trinajstić information content (AvgIpc) is 2.53. The lowest BCUT2D eigenvalue weighted by atomic mass is 10.1. The van der Waals surface area contributed by atoms with E-state index in [1.165, 1.54) is 17.4 Å². The van der Waals surface area contributed by atoms with Crippen LogP contribution in [0.5, 0.6) is 5.75 Å². The van der Waals surface area contributed by atoms with Crippen molar-refractivity contribution < 1.29 is 9.53 Å². The fraction of sp³-hybridized carbons (Fsp3) is 0.118. The zero-order valence-electron chi connectivity index (χ0n) is 12.0. The summed E-state index contributed by atoms with van der Waals surface area (Å²) in [6.45, 7) is 1.71. The second-order valence-electron chi connectivity index (χ2n) is 4.88. The maximum Gasteiger partial charge on any atom is 0.258 e. The van der Waals surface area contributed by atoms with Crippen molar-refractivity contribution in [1.82, 2.24) is 9.38 Å². The van der Waals surface area contributed by atoms with Crippen molar-refractivity contribution in [3.63, 3.8) is 0 Å². The third-order valence-electron chi connectivity index (χ3n) is 3.27. The van der Waals surface area contributed by atoms with Gasteiger partial charge in [0.15, 0.2) is 5.78 Å². The molecule has 1 aromatic carbocycles. The molecular weight excluding hydrogens is 280 g/mol. The van der Waals surface area contributed by atoms with E-state index in [0.29, 0.717) is 22.7 Å². The zero-order chi connectivity index (χ0) is 15.5. The van der Waals surface area contributed by atoms with Gasteiger partial charge in [0.2, 0.25) is 0 Å². The third kappa shape index (κ3) is 2.88. The maximum atomic E-state index is 12.0. The molecule has 22 heavy (non-hydrogen) atoms. The minimum atomic E-state index is -0.142. The number of rotatable bonds is 4. The van der Waals surface area contributed by atoms with Gasteiger partial charge in [0, 0.05) is 17.8 Å². The van der Waals surface area contributed by atoms with Crippen molar-refractivity contribution >= 4 is 11.4 Å². The van der Waals surface area contributed by atoms with Gasteiger partial charge < -0.3 is 4.74 Å². The van der Waals surface area contributed by atoms with Crippen LogP contribution in [-0.4, -0.2) is 15.2 Å².